The molecule has 2 rings (SSSR count). The Morgan fingerprint density at radius 3 is 2.89 bits per heavy atom. The first-order valence-corrected chi connectivity index (χ1v) is 7.12. The molecule has 19 heavy (non-hydrogen) atoms. The molecule has 2 unspecified atom stereocenters. The normalized spacial score (nSPS) is 21.2. The lowest BCUT2D eigenvalue weighted by Gasteiger charge is -2.38. The molecule has 0 aromatic carbocycles. The van der Waals surface area contributed by atoms with Crippen LogP contribution >= 0.6 is 0 Å². The highest BCUT2D eigenvalue weighted by atomic mass is 16.2. The molecule has 1 aliphatic rings. The fraction of sp³-hybridized carbons (Fsp3) is 0.600. The van der Waals surface area contributed by atoms with Crippen molar-refractivity contribution < 1.29 is 4.79 Å². The van der Waals surface area contributed by atoms with Gasteiger partial charge in [-0.3, -0.25) is 9.78 Å². The monoisotopic (exact) mass is 261 g/mol. The van der Waals surface area contributed by atoms with Gasteiger partial charge in [-0.15, -0.1) is 0 Å². The summed E-state index contributed by atoms with van der Waals surface area (Å²) in [5, 5.41) is 0. The van der Waals surface area contributed by atoms with Crippen molar-refractivity contribution in [3.05, 3.63) is 30.1 Å². The van der Waals surface area contributed by atoms with Crippen molar-refractivity contribution in [3.8, 4) is 0 Å². The van der Waals surface area contributed by atoms with Gasteiger partial charge in [0.1, 0.15) is 0 Å². The first-order chi connectivity index (χ1) is 9.18. The standard InChI is InChI=1S/C15H23N3O/c1-12(16)14-4-2-3-11-18(14)15(19)6-5-13-7-9-17-10-8-13/h7-10,12,14H,2-6,11,16H2,1H3. The van der Waals surface area contributed by atoms with E-state index in [1.165, 1.54) is 6.42 Å². The molecule has 0 saturated carbocycles. The molecule has 4 heteroatoms. The largest absolute Gasteiger partial charge is 0.338 e. The van der Waals surface area contributed by atoms with E-state index in [1.54, 1.807) is 12.4 Å². The predicted octanol–water partition coefficient (Wildman–Crippen LogP) is 1.74. The summed E-state index contributed by atoms with van der Waals surface area (Å²) >= 11 is 0. The van der Waals surface area contributed by atoms with Crippen LogP contribution in [0.2, 0.25) is 0 Å². The average molecular weight is 261 g/mol. The number of nitrogens with zero attached hydrogens (tertiary/aromatic N) is 2. The fourth-order valence-corrected chi connectivity index (χ4v) is 2.76. The fourth-order valence-electron chi connectivity index (χ4n) is 2.76. The van der Waals surface area contributed by atoms with Crippen LogP contribution in [0, 0.1) is 0 Å². The van der Waals surface area contributed by atoms with Crippen molar-refractivity contribution in [2.45, 2.75) is 51.1 Å². The molecule has 0 spiro atoms. The van der Waals surface area contributed by atoms with Crippen molar-refractivity contribution >= 4 is 5.91 Å². The van der Waals surface area contributed by atoms with Gasteiger partial charge in [-0.05, 0) is 50.3 Å². The number of aromatic nitrogens is 1. The third-order valence-corrected chi connectivity index (χ3v) is 3.85. The molecule has 0 radical (unpaired) electrons. The number of rotatable bonds is 4. The van der Waals surface area contributed by atoms with Gasteiger partial charge in [0.2, 0.25) is 5.91 Å². The van der Waals surface area contributed by atoms with Crippen molar-refractivity contribution in [1.29, 1.82) is 0 Å². The molecule has 2 N–H and O–H groups in total. The molecular formula is C15H23N3O. The van der Waals surface area contributed by atoms with Crippen LogP contribution in [0.15, 0.2) is 24.5 Å². The number of pyridine rings is 1. The molecule has 1 aliphatic heterocycles. The number of aryl methyl sites for hydroxylation is 1. The van der Waals surface area contributed by atoms with Crippen LogP contribution in [0.3, 0.4) is 0 Å². The molecule has 0 aliphatic carbocycles. The van der Waals surface area contributed by atoms with E-state index in [2.05, 4.69) is 4.98 Å². The van der Waals surface area contributed by atoms with Gasteiger partial charge in [0, 0.05) is 37.4 Å². The van der Waals surface area contributed by atoms with Gasteiger partial charge in [-0.2, -0.15) is 0 Å². The smallest absolute Gasteiger partial charge is 0.223 e. The predicted molar refractivity (Wildman–Crippen MR) is 75.6 cm³/mol. The summed E-state index contributed by atoms with van der Waals surface area (Å²) in [5.41, 5.74) is 7.16. The molecule has 4 nitrogen and oxygen atoms in total. The Labute approximate surface area is 115 Å². The van der Waals surface area contributed by atoms with Crippen LogP contribution < -0.4 is 5.73 Å². The first-order valence-electron chi connectivity index (χ1n) is 7.12. The SMILES string of the molecule is CC(N)C1CCCCN1C(=O)CCc1ccncc1. The van der Waals surface area contributed by atoms with E-state index in [1.807, 2.05) is 24.0 Å². The number of amides is 1. The minimum absolute atomic E-state index is 0.0603. The summed E-state index contributed by atoms with van der Waals surface area (Å²) in [7, 11) is 0. The van der Waals surface area contributed by atoms with Gasteiger partial charge in [0.05, 0.1) is 0 Å². The summed E-state index contributed by atoms with van der Waals surface area (Å²) in [6.07, 6.45) is 8.21. The van der Waals surface area contributed by atoms with E-state index in [9.17, 15) is 4.79 Å². The summed E-state index contributed by atoms with van der Waals surface area (Å²) in [4.78, 5) is 18.3. The van der Waals surface area contributed by atoms with Gasteiger partial charge in [0.25, 0.3) is 0 Å². The second-order valence-corrected chi connectivity index (χ2v) is 5.36. The van der Waals surface area contributed by atoms with Crippen LogP contribution in [-0.4, -0.2) is 34.4 Å². The van der Waals surface area contributed by atoms with E-state index in [0.29, 0.717) is 6.42 Å². The van der Waals surface area contributed by atoms with Gasteiger partial charge in [0.15, 0.2) is 0 Å². The highest BCUT2D eigenvalue weighted by Gasteiger charge is 2.28. The van der Waals surface area contributed by atoms with Gasteiger partial charge in [-0.1, -0.05) is 0 Å². The molecule has 1 aromatic heterocycles. The Kier molecular flexibility index (Phi) is 4.91. The van der Waals surface area contributed by atoms with Crippen LogP contribution in [0.25, 0.3) is 0 Å². The second kappa shape index (κ2) is 6.66. The Balaban J connectivity index is 1.91. The van der Waals surface area contributed by atoms with E-state index < -0.39 is 0 Å². The van der Waals surface area contributed by atoms with Crippen LogP contribution in [0.5, 0.6) is 0 Å². The van der Waals surface area contributed by atoms with E-state index >= 15 is 0 Å². The molecule has 1 fully saturated rings. The lowest BCUT2D eigenvalue weighted by atomic mass is 9.96. The number of carbonyl (C=O) groups is 1. The maximum Gasteiger partial charge on any atom is 0.223 e. The van der Waals surface area contributed by atoms with Crippen molar-refractivity contribution in [1.82, 2.24) is 9.88 Å². The van der Waals surface area contributed by atoms with Crippen molar-refractivity contribution in [3.63, 3.8) is 0 Å². The molecule has 2 atom stereocenters. The number of carbonyl (C=O) groups excluding carboxylic acids is 1. The van der Waals surface area contributed by atoms with Gasteiger partial charge < -0.3 is 10.6 Å². The zero-order chi connectivity index (χ0) is 13.7. The molecule has 1 aromatic rings. The Hall–Kier alpha value is -1.42. The van der Waals surface area contributed by atoms with Gasteiger partial charge >= 0.3 is 0 Å². The number of piperidine rings is 1. The molecule has 2 heterocycles. The third-order valence-electron chi connectivity index (χ3n) is 3.85. The number of likely N-dealkylation sites (tertiary alicyclic amines) is 1. The topological polar surface area (TPSA) is 59.2 Å². The summed E-state index contributed by atoms with van der Waals surface area (Å²) in [6, 6.07) is 4.21. The maximum absolute atomic E-state index is 12.3. The Morgan fingerprint density at radius 2 is 2.21 bits per heavy atom. The minimum Gasteiger partial charge on any atom is -0.338 e. The zero-order valence-electron chi connectivity index (χ0n) is 11.6. The lowest BCUT2D eigenvalue weighted by molar-refractivity contribution is -0.135. The summed E-state index contributed by atoms with van der Waals surface area (Å²) in [5.74, 6) is 0.235. The third kappa shape index (κ3) is 3.77. The Morgan fingerprint density at radius 1 is 1.47 bits per heavy atom. The first kappa shape index (κ1) is 14.0. The minimum atomic E-state index is 0.0603. The lowest BCUT2D eigenvalue weighted by Crippen LogP contribution is -2.51. The number of nitrogens with two attached hydrogens (primary N) is 1. The van der Waals surface area contributed by atoms with Crippen molar-refractivity contribution in [2.24, 2.45) is 5.73 Å². The zero-order valence-corrected chi connectivity index (χ0v) is 11.6. The average Bonchev–Trinajstić information content (AvgIpc) is 2.46. The highest BCUT2D eigenvalue weighted by Crippen LogP contribution is 2.20. The molecule has 104 valence electrons. The van der Waals surface area contributed by atoms with E-state index in [0.717, 1.165) is 31.4 Å². The van der Waals surface area contributed by atoms with E-state index in [-0.39, 0.29) is 18.0 Å². The van der Waals surface area contributed by atoms with Gasteiger partial charge in [-0.25, -0.2) is 0 Å². The number of hydrogen-bond acceptors (Lipinski definition) is 3. The molecule has 1 saturated heterocycles. The van der Waals surface area contributed by atoms with Crippen LogP contribution in [-0.2, 0) is 11.2 Å². The van der Waals surface area contributed by atoms with E-state index in [4.69, 9.17) is 5.73 Å². The van der Waals surface area contributed by atoms with Crippen LogP contribution in [0.4, 0.5) is 0 Å². The highest BCUT2D eigenvalue weighted by molar-refractivity contribution is 5.77. The van der Waals surface area contributed by atoms with Crippen LogP contribution in [0.1, 0.15) is 38.2 Å². The van der Waals surface area contributed by atoms with Crippen molar-refractivity contribution in [2.75, 3.05) is 6.54 Å². The maximum atomic E-state index is 12.3. The quantitative estimate of drug-likeness (QED) is 0.898. The molecule has 0 bridgehead atoms. The Bertz CT molecular complexity index is 405. The number of hydrogen-bond donors (Lipinski definition) is 1. The second-order valence-electron chi connectivity index (χ2n) is 5.36. The summed E-state index contributed by atoms with van der Waals surface area (Å²) in [6.45, 7) is 2.86. The molecular weight excluding hydrogens is 238 g/mol. The molecule has 1 amide bonds. The summed E-state index contributed by atoms with van der Waals surface area (Å²) < 4.78 is 0.